The molecule has 2 aliphatic rings. The Morgan fingerprint density at radius 1 is 1.10 bits per heavy atom. The fourth-order valence-electron chi connectivity index (χ4n) is 4.38. The van der Waals surface area contributed by atoms with Crippen molar-refractivity contribution < 1.29 is 45.8 Å². The maximum atomic E-state index is 13.9. The van der Waals surface area contributed by atoms with Crippen LogP contribution >= 0.6 is 0 Å². The number of ether oxygens (including phenoxy) is 1. The van der Waals surface area contributed by atoms with E-state index in [4.69, 9.17) is 14.6 Å². The fourth-order valence-corrected chi connectivity index (χ4v) is 4.38. The Morgan fingerprint density at radius 2 is 1.81 bits per heavy atom. The summed E-state index contributed by atoms with van der Waals surface area (Å²) in [7, 11) is 0. The van der Waals surface area contributed by atoms with E-state index in [1.165, 1.54) is 16.8 Å². The normalized spacial score (nSPS) is 17.8. The number of benzene rings is 1. The molecule has 2 saturated heterocycles. The molecule has 2 fully saturated rings. The van der Waals surface area contributed by atoms with Gasteiger partial charge in [0, 0.05) is 37.6 Å². The number of aromatic nitrogens is 3. The average molecular weight is 604 g/mol. The maximum absolute atomic E-state index is 13.9. The molecular weight excluding hydrogens is 576 g/mol. The summed E-state index contributed by atoms with van der Waals surface area (Å²) in [6.45, 7) is 3.70. The minimum atomic E-state index is -5.08. The van der Waals surface area contributed by atoms with Crippen LogP contribution in [0.2, 0.25) is 0 Å². The first kappa shape index (κ1) is 30.8. The molecule has 42 heavy (non-hydrogen) atoms. The molecule has 1 aromatic carbocycles. The lowest BCUT2D eigenvalue weighted by molar-refractivity contribution is -0.192. The molecular formula is C25H27F6N7O4. The van der Waals surface area contributed by atoms with Gasteiger partial charge in [-0.25, -0.2) is 14.3 Å². The number of hydrogen-bond donors (Lipinski definition) is 4. The topological polar surface area (TPSA) is 133 Å². The molecule has 3 aromatic rings. The molecule has 4 N–H and O–H groups in total. The van der Waals surface area contributed by atoms with Gasteiger partial charge in [0.15, 0.2) is 5.65 Å². The van der Waals surface area contributed by atoms with Crippen LogP contribution in [0, 0.1) is 0 Å². The molecule has 5 rings (SSSR count). The zero-order valence-corrected chi connectivity index (χ0v) is 21.9. The summed E-state index contributed by atoms with van der Waals surface area (Å²) in [5.41, 5.74) is -0.451. The molecule has 0 spiro atoms. The largest absolute Gasteiger partial charge is 0.490 e. The Balaban J connectivity index is 0.000000517. The van der Waals surface area contributed by atoms with Gasteiger partial charge in [0.2, 0.25) is 0 Å². The summed E-state index contributed by atoms with van der Waals surface area (Å²) in [6, 6.07) is 5.88. The predicted octanol–water partition coefficient (Wildman–Crippen LogP) is 3.63. The number of carboxylic acid groups (broad SMARTS) is 1. The third kappa shape index (κ3) is 7.79. The van der Waals surface area contributed by atoms with E-state index in [2.05, 4.69) is 26.0 Å². The molecule has 0 radical (unpaired) electrons. The van der Waals surface area contributed by atoms with E-state index < -0.39 is 29.8 Å². The second-order valence-corrected chi connectivity index (χ2v) is 9.41. The number of nitrogens with zero attached hydrogens (tertiary/aromatic N) is 4. The van der Waals surface area contributed by atoms with Crippen LogP contribution in [-0.2, 0) is 15.7 Å². The van der Waals surface area contributed by atoms with E-state index in [9.17, 15) is 31.1 Å². The van der Waals surface area contributed by atoms with Crippen LogP contribution in [0.15, 0.2) is 36.7 Å². The first-order chi connectivity index (χ1) is 19.8. The van der Waals surface area contributed by atoms with Gasteiger partial charge in [0.25, 0.3) is 5.91 Å². The third-order valence-corrected chi connectivity index (χ3v) is 6.44. The number of halogens is 6. The van der Waals surface area contributed by atoms with Gasteiger partial charge >= 0.3 is 18.3 Å². The van der Waals surface area contributed by atoms with Crippen LogP contribution in [0.5, 0.6) is 0 Å². The van der Waals surface area contributed by atoms with Crippen molar-refractivity contribution in [2.24, 2.45) is 0 Å². The number of alkyl halides is 6. The van der Waals surface area contributed by atoms with Crippen LogP contribution < -0.4 is 20.9 Å². The highest BCUT2D eigenvalue weighted by Crippen LogP contribution is 2.38. The lowest BCUT2D eigenvalue weighted by Gasteiger charge is -2.29. The molecule has 17 heteroatoms. The summed E-state index contributed by atoms with van der Waals surface area (Å²) in [4.78, 5) is 28.3. The van der Waals surface area contributed by atoms with Crippen molar-refractivity contribution in [2.45, 2.75) is 31.2 Å². The van der Waals surface area contributed by atoms with Gasteiger partial charge in [0.1, 0.15) is 11.4 Å². The summed E-state index contributed by atoms with van der Waals surface area (Å²) >= 11 is 0. The molecule has 2 aliphatic heterocycles. The molecule has 2 aromatic heterocycles. The molecule has 0 aliphatic carbocycles. The number of anilines is 3. The van der Waals surface area contributed by atoms with Crippen molar-refractivity contribution in [3.8, 4) is 0 Å². The Morgan fingerprint density at radius 3 is 2.43 bits per heavy atom. The van der Waals surface area contributed by atoms with E-state index >= 15 is 0 Å². The fraction of sp³-hybridized carbons (Fsp3) is 0.440. The Labute approximate surface area is 234 Å². The van der Waals surface area contributed by atoms with E-state index in [0.717, 1.165) is 32.0 Å². The second kappa shape index (κ2) is 12.8. The number of carboxylic acids is 1. The SMILES string of the molecule is O=C(Nc1ccc(N2CCOCC2)cc1C(F)(F)F)c1cnn2ccc(N[C@@H]3CCCNC3)nc12.O=C(O)C(F)(F)F. The van der Waals surface area contributed by atoms with E-state index in [1.807, 2.05) is 4.90 Å². The third-order valence-electron chi connectivity index (χ3n) is 6.44. The van der Waals surface area contributed by atoms with Gasteiger partial charge in [0.05, 0.1) is 30.7 Å². The first-order valence-corrected chi connectivity index (χ1v) is 12.8. The molecule has 1 amide bonds. The molecule has 4 heterocycles. The molecule has 11 nitrogen and oxygen atoms in total. The number of fused-ring (bicyclic) bond motifs is 1. The smallest absolute Gasteiger partial charge is 0.475 e. The van der Waals surface area contributed by atoms with Crippen molar-refractivity contribution in [2.75, 3.05) is 54.9 Å². The molecule has 0 saturated carbocycles. The van der Waals surface area contributed by atoms with E-state index in [0.29, 0.717) is 37.8 Å². The number of morpholine rings is 1. The lowest BCUT2D eigenvalue weighted by Crippen LogP contribution is -2.38. The molecule has 0 unspecified atom stereocenters. The van der Waals surface area contributed by atoms with Crippen molar-refractivity contribution >= 4 is 34.7 Å². The number of hydrogen-bond acceptors (Lipinski definition) is 8. The molecule has 1 atom stereocenters. The molecule has 228 valence electrons. The van der Waals surface area contributed by atoms with Crippen LogP contribution in [0.25, 0.3) is 5.65 Å². The van der Waals surface area contributed by atoms with Crippen molar-refractivity contribution in [1.29, 1.82) is 0 Å². The number of carbonyl (C=O) groups is 2. The quantitative estimate of drug-likeness (QED) is 0.323. The van der Waals surface area contributed by atoms with Crippen LogP contribution in [0.1, 0.15) is 28.8 Å². The number of aliphatic carboxylic acids is 1. The second-order valence-electron chi connectivity index (χ2n) is 9.41. The number of amides is 1. The minimum absolute atomic E-state index is 0.0841. The summed E-state index contributed by atoms with van der Waals surface area (Å²) in [6.07, 6.45) is -4.72. The van der Waals surface area contributed by atoms with Gasteiger partial charge in [-0.1, -0.05) is 0 Å². The zero-order valence-electron chi connectivity index (χ0n) is 21.9. The van der Waals surface area contributed by atoms with Crippen molar-refractivity contribution in [3.63, 3.8) is 0 Å². The summed E-state index contributed by atoms with van der Waals surface area (Å²) < 4.78 is 80.1. The predicted molar refractivity (Wildman–Crippen MR) is 139 cm³/mol. The highest BCUT2D eigenvalue weighted by Gasteiger charge is 2.38. The minimum Gasteiger partial charge on any atom is -0.475 e. The van der Waals surface area contributed by atoms with Gasteiger partial charge in [-0.05, 0) is 43.7 Å². The first-order valence-electron chi connectivity index (χ1n) is 12.8. The lowest BCUT2D eigenvalue weighted by atomic mass is 10.1. The van der Waals surface area contributed by atoms with Crippen LogP contribution in [0.4, 0.5) is 43.5 Å². The van der Waals surface area contributed by atoms with Gasteiger partial charge < -0.3 is 30.7 Å². The number of rotatable bonds is 5. The Kier molecular flexibility index (Phi) is 9.40. The van der Waals surface area contributed by atoms with E-state index in [-0.39, 0.29) is 22.9 Å². The average Bonchev–Trinajstić information content (AvgIpc) is 3.37. The Hall–Kier alpha value is -4.12. The Bertz CT molecular complexity index is 1400. The van der Waals surface area contributed by atoms with Gasteiger partial charge in [-0.3, -0.25) is 4.79 Å². The number of piperidine rings is 1. The van der Waals surface area contributed by atoms with E-state index in [1.54, 1.807) is 18.3 Å². The van der Waals surface area contributed by atoms with Gasteiger partial charge in [-0.2, -0.15) is 31.4 Å². The highest BCUT2D eigenvalue weighted by atomic mass is 19.4. The van der Waals surface area contributed by atoms with Crippen molar-refractivity contribution in [1.82, 2.24) is 19.9 Å². The number of carbonyl (C=O) groups excluding carboxylic acids is 1. The van der Waals surface area contributed by atoms with Crippen molar-refractivity contribution in [3.05, 3.63) is 47.8 Å². The van der Waals surface area contributed by atoms with Crippen LogP contribution in [0.3, 0.4) is 0 Å². The van der Waals surface area contributed by atoms with Crippen LogP contribution in [-0.4, -0.2) is 83.2 Å². The summed E-state index contributed by atoms with van der Waals surface area (Å²) in [5.74, 6) is -2.90. The summed E-state index contributed by atoms with van der Waals surface area (Å²) in [5, 5.41) is 20.3. The number of nitrogens with one attached hydrogen (secondary N) is 3. The van der Waals surface area contributed by atoms with Gasteiger partial charge in [-0.15, -0.1) is 0 Å². The highest BCUT2D eigenvalue weighted by molar-refractivity contribution is 6.08. The molecule has 0 bridgehead atoms. The standard InChI is InChI=1S/C23H26F3N7O2.C2HF3O2/c24-23(25,26)18-12-16(32-8-10-35-11-9-32)3-4-19(18)30-22(34)17-14-28-33-7-5-20(31-21(17)33)29-15-2-1-6-27-13-15;3-2(4,5)1(6)7/h3-5,7,12,14-15,27H,1-2,6,8-11,13H2,(H,29,31)(H,30,34);(H,6,7)/t15-;/m1./s1. The zero-order chi connectivity index (χ0) is 30.5. The maximum Gasteiger partial charge on any atom is 0.490 e. The monoisotopic (exact) mass is 603 g/mol.